The van der Waals surface area contributed by atoms with Gasteiger partial charge in [0.2, 0.25) is 0 Å². The molecule has 5 heteroatoms. The van der Waals surface area contributed by atoms with Crippen LogP contribution in [0.2, 0.25) is 5.02 Å². The van der Waals surface area contributed by atoms with Crippen LogP contribution in [0, 0.1) is 11.2 Å². The van der Waals surface area contributed by atoms with Crippen molar-refractivity contribution in [3.8, 4) is 11.5 Å². The Balaban J connectivity index is 2.15. The van der Waals surface area contributed by atoms with Crippen LogP contribution in [0.3, 0.4) is 0 Å². The van der Waals surface area contributed by atoms with E-state index < -0.39 is 0 Å². The van der Waals surface area contributed by atoms with Crippen molar-refractivity contribution in [2.24, 2.45) is 5.41 Å². The number of hydrogen-bond donors (Lipinski definition) is 1. The molecule has 0 radical (unpaired) electrons. The highest BCUT2D eigenvalue weighted by atomic mass is 35.5. The van der Waals surface area contributed by atoms with Crippen LogP contribution in [0.4, 0.5) is 4.39 Å². The molecule has 0 spiro atoms. The van der Waals surface area contributed by atoms with Crippen LogP contribution in [0.1, 0.15) is 59.1 Å². The van der Waals surface area contributed by atoms with Crippen molar-refractivity contribution in [1.82, 2.24) is 5.32 Å². The lowest BCUT2D eigenvalue weighted by Crippen LogP contribution is -2.41. The predicted octanol–water partition coefficient (Wildman–Crippen LogP) is 6.76. The summed E-state index contributed by atoms with van der Waals surface area (Å²) < 4.78 is 25.5. The number of ether oxygens (including phenoxy) is 2. The SMILES string of the molecule is CCOc1cc(CNC(C)(C)CC(C)(C)C)c(Cl)cc1OCc1ccccc1F. The first-order chi connectivity index (χ1) is 13.5. The zero-order valence-electron chi connectivity index (χ0n) is 18.4. The molecule has 0 fully saturated rings. The lowest BCUT2D eigenvalue weighted by atomic mass is 9.82. The van der Waals surface area contributed by atoms with Crippen molar-refractivity contribution < 1.29 is 13.9 Å². The molecule has 3 nitrogen and oxygen atoms in total. The Bertz CT molecular complexity index is 815. The summed E-state index contributed by atoms with van der Waals surface area (Å²) in [5, 5.41) is 4.19. The average molecular weight is 422 g/mol. The van der Waals surface area contributed by atoms with Gasteiger partial charge < -0.3 is 14.8 Å². The Morgan fingerprint density at radius 1 is 0.966 bits per heavy atom. The summed E-state index contributed by atoms with van der Waals surface area (Å²) in [5.41, 5.74) is 1.62. The van der Waals surface area contributed by atoms with E-state index in [9.17, 15) is 4.39 Å². The highest BCUT2D eigenvalue weighted by molar-refractivity contribution is 6.31. The number of benzene rings is 2. The lowest BCUT2D eigenvalue weighted by Gasteiger charge is -2.33. The molecular weight excluding hydrogens is 389 g/mol. The Morgan fingerprint density at radius 2 is 1.62 bits per heavy atom. The smallest absolute Gasteiger partial charge is 0.163 e. The van der Waals surface area contributed by atoms with Gasteiger partial charge >= 0.3 is 0 Å². The van der Waals surface area contributed by atoms with E-state index in [4.69, 9.17) is 21.1 Å². The van der Waals surface area contributed by atoms with Gasteiger partial charge in [0.1, 0.15) is 12.4 Å². The molecule has 160 valence electrons. The van der Waals surface area contributed by atoms with Crippen molar-refractivity contribution in [2.45, 2.75) is 66.7 Å². The first kappa shape index (κ1) is 23.5. The van der Waals surface area contributed by atoms with Gasteiger partial charge in [-0.25, -0.2) is 4.39 Å². The van der Waals surface area contributed by atoms with Gasteiger partial charge in [-0.3, -0.25) is 0 Å². The number of nitrogens with one attached hydrogen (secondary N) is 1. The van der Waals surface area contributed by atoms with Gasteiger partial charge in [0, 0.05) is 28.7 Å². The second kappa shape index (κ2) is 9.82. The van der Waals surface area contributed by atoms with Gasteiger partial charge in [0.05, 0.1) is 6.61 Å². The first-order valence-corrected chi connectivity index (χ1v) is 10.4. The molecule has 0 aliphatic carbocycles. The summed E-state index contributed by atoms with van der Waals surface area (Å²) in [6.07, 6.45) is 1.03. The van der Waals surface area contributed by atoms with Gasteiger partial charge in [-0.2, -0.15) is 0 Å². The summed E-state index contributed by atoms with van der Waals surface area (Å²) >= 11 is 6.53. The summed E-state index contributed by atoms with van der Waals surface area (Å²) in [5.74, 6) is 0.829. The van der Waals surface area contributed by atoms with Gasteiger partial charge in [0.25, 0.3) is 0 Å². The third-order valence-corrected chi connectivity index (χ3v) is 4.84. The largest absolute Gasteiger partial charge is 0.490 e. The fourth-order valence-electron chi connectivity index (χ4n) is 3.59. The van der Waals surface area contributed by atoms with Crippen molar-refractivity contribution in [3.05, 3.63) is 58.4 Å². The van der Waals surface area contributed by atoms with E-state index in [1.807, 2.05) is 13.0 Å². The van der Waals surface area contributed by atoms with Crippen LogP contribution in [0.5, 0.6) is 11.5 Å². The van der Waals surface area contributed by atoms with Gasteiger partial charge in [0.15, 0.2) is 11.5 Å². The van der Waals surface area contributed by atoms with Crippen LogP contribution < -0.4 is 14.8 Å². The van der Waals surface area contributed by atoms with Crippen molar-refractivity contribution >= 4 is 11.6 Å². The monoisotopic (exact) mass is 421 g/mol. The van der Waals surface area contributed by atoms with E-state index in [1.165, 1.54) is 6.07 Å². The Labute approximate surface area is 179 Å². The second-order valence-electron chi connectivity index (χ2n) is 9.18. The van der Waals surface area contributed by atoms with E-state index in [0.717, 1.165) is 12.0 Å². The third-order valence-electron chi connectivity index (χ3n) is 4.48. The van der Waals surface area contributed by atoms with E-state index in [0.29, 0.717) is 35.2 Å². The maximum absolute atomic E-state index is 13.9. The maximum atomic E-state index is 13.9. The first-order valence-electron chi connectivity index (χ1n) is 10.1. The topological polar surface area (TPSA) is 30.5 Å². The molecule has 0 unspecified atom stereocenters. The fraction of sp³-hybridized carbons (Fsp3) is 0.500. The molecule has 0 saturated carbocycles. The molecule has 2 rings (SSSR count). The molecule has 0 bridgehead atoms. The number of rotatable bonds is 9. The zero-order chi connectivity index (χ0) is 21.7. The molecule has 0 amide bonds. The number of halogens is 2. The average Bonchev–Trinajstić information content (AvgIpc) is 2.60. The Morgan fingerprint density at radius 3 is 2.24 bits per heavy atom. The molecule has 2 aromatic rings. The van der Waals surface area contributed by atoms with Crippen molar-refractivity contribution in [3.63, 3.8) is 0 Å². The minimum atomic E-state index is -0.293. The molecule has 0 aromatic heterocycles. The van der Waals surface area contributed by atoms with Crippen molar-refractivity contribution in [1.29, 1.82) is 0 Å². The van der Waals surface area contributed by atoms with E-state index >= 15 is 0 Å². The molecule has 0 aliphatic rings. The molecule has 0 atom stereocenters. The van der Waals surface area contributed by atoms with Crippen LogP contribution in [0.15, 0.2) is 36.4 Å². The Kier molecular flexibility index (Phi) is 7.95. The second-order valence-corrected chi connectivity index (χ2v) is 9.59. The lowest BCUT2D eigenvalue weighted by molar-refractivity contribution is 0.240. The fourth-order valence-corrected chi connectivity index (χ4v) is 3.81. The van der Waals surface area contributed by atoms with Crippen LogP contribution in [0.25, 0.3) is 0 Å². The molecule has 29 heavy (non-hydrogen) atoms. The quantitative estimate of drug-likeness (QED) is 0.485. The van der Waals surface area contributed by atoms with Gasteiger partial charge in [-0.15, -0.1) is 0 Å². The zero-order valence-corrected chi connectivity index (χ0v) is 19.1. The summed E-state index contributed by atoms with van der Waals surface area (Å²) in [6.45, 7) is 14.2. The summed E-state index contributed by atoms with van der Waals surface area (Å²) in [6, 6.07) is 10.2. The number of hydrogen-bond acceptors (Lipinski definition) is 3. The Hall–Kier alpha value is -1.78. The molecular formula is C24H33ClFNO2. The summed E-state index contributed by atoms with van der Waals surface area (Å²) in [4.78, 5) is 0. The maximum Gasteiger partial charge on any atom is 0.163 e. The van der Waals surface area contributed by atoms with Gasteiger partial charge in [-0.1, -0.05) is 50.6 Å². The standard InChI is InChI=1S/C24H33ClFNO2/c1-7-28-21-12-18(14-27-24(5,6)16-23(2,3)4)19(25)13-22(21)29-15-17-10-8-9-11-20(17)26/h8-13,27H,7,14-16H2,1-6H3. The highest BCUT2D eigenvalue weighted by Crippen LogP contribution is 2.35. The van der Waals surface area contributed by atoms with E-state index in [2.05, 4.69) is 39.9 Å². The van der Waals surface area contributed by atoms with Gasteiger partial charge in [-0.05, 0) is 50.3 Å². The van der Waals surface area contributed by atoms with Crippen LogP contribution in [-0.2, 0) is 13.2 Å². The van der Waals surface area contributed by atoms with E-state index in [-0.39, 0.29) is 23.4 Å². The predicted molar refractivity (Wildman–Crippen MR) is 118 cm³/mol. The molecule has 1 N–H and O–H groups in total. The minimum absolute atomic E-state index is 0.0344. The van der Waals surface area contributed by atoms with E-state index in [1.54, 1.807) is 24.3 Å². The van der Waals surface area contributed by atoms with Crippen molar-refractivity contribution in [2.75, 3.05) is 6.61 Å². The molecule has 2 aromatic carbocycles. The van der Waals surface area contributed by atoms with Crippen LogP contribution >= 0.6 is 11.6 Å². The molecule has 0 aliphatic heterocycles. The van der Waals surface area contributed by atoms with Crippen LogP contribution in [-0.4, -0.2) is 12.1 Å². The molecule has 0 saturated heterocycles. The normalized spacial score (nSPS) is 12.1. The summed E-state index contributed by atoms with van der Waals surface area (Å²) in [7, 11) is 0. The minimum Gasteiger partial charge on any atom is -0.490 e. The highest BCUT2D eigenvalue weighted by Gasteiger charge is 2.25. The third kappa shape index (κ3) is 7.52. The molecule has 0 heterocycles.